The standard InChI is InChI=1S/C20H35NO3S/c1-5-6-15-24-19-14-13-18(17-21-19)12-10-8-7-9-11-16-25(22,23)20(2,3)4/h13-14,17H,5-12,15-16H2,1-4H3. The fourth-order valence-corrected chi connectivity index (χ4v) is 3.62. The van der Waals surface area contributed by atoms with E-state index < -0.39 is 14.6 Å². The van der Waals surface area contributed by atoms with Crippen molar-refractivity contribution in [2.45, 2.75) is 83.8 Å². The van der Waals surface area contributed by atoms with Gasteiger partial charge >= 0.3 is 0 Å². The van der Waals surface area contributed by atoms with Gasteiger partial charge in [0, 0.05) is 12.3 Å². The summed E-state index contributed by atoms with van der Waals surface area (Å²) >= 11 is 0. The minimum absolute atomic E-state index is 0.305. The zero-order valence-electron chi connectivity index (χ0n) is 16.4. The molecule has 0 spiro atoms. The fourth-order valence-electron chi connectivity index (χ4n) is 2.42. The maximum atomic E-state index is 12.0. The van der Waals surface area contributed by atoms with Crippen molar-refractivity contribution >= 4 is 9.84 Å². The molecule has 1 heterocycles. The second kappa shape index (κ2) is 10.8. The fraction of sp³-hybridized carbons (Fsp3) is 0.750. The van der Waals surface area contributed by atoms with Crippen molar-refractivity contribution in [1.29, 1.82) is 0 Å². The zero-order valence-corrected chi connectivity index (χ0v) is 17.2. The first-order valence-corrected chi connectivity index (χ1v) is 11.2. The van der Waals surface area contributed by atoms with Gasteiger partial charge in [-0.05, 0) is 52.0 Å². The lowest BCUT2D eigenvalue weighted by Gasteiger charge is -2.18. The minimum Gasteiger partial charge on any atom is -0.478 e. The van der Waals surface area contributed by atoms with E-state index in [2.05, 4.69) is 18.0 Å². The smallest absolute Gasteiger partial charge is 0.213 e. The summed E-state index contributed by atoms with van der Waals surface area (Å²) in [6, 6.07) is 4.03. The van der Waals surface area contributed by atoms with Gasteiger partial charge in [-0.3, -0.25) is 0 Å². The molecule has 0 aliphatic heterocycles. The molecule has 0 unspecified atom stereocenters. The highest BCUT2D eigenvalue weighted by Crippen LogP contribution is 2.18. The zero-order chi connectivity index (χ0) is 18.8. The number of nitrogens with zero attached hydrogens (tertiary/aromatic N) is 1. The summed E-state index contributed by atoms with van der Waals surface area (Å²) in [5.74, 6) is 1.01. The molecule has 5 heteroatoms. The second-order valence-electron chi connectivity index (χ2n) is 7.66. The van der Waals surface area contributed by atoms with Crippen LogP contribution in [0.4, 0.5) is 0 Å². The summed E-state index contributed by atoms with van der Waals surface area (Å²) in [6.07, 6.45) is 10.2. The molecular formula is C20H35NO3S. The van der Waals surface area contributed by atoms with Gasteiger partial charge in [0.25, 0.3) is 0 Å². The van der Waals surface area contributed by atoms with Gasteiger partial charge in [-0.25, -0.2) is 13.4 Å². The first kappa shape index (κ1) is 21.9. The van der Waals surface area contributed by atoms with Gasteiger partial charge < -0.3 is 4.74 Å². The molecule has 0 aliphatic carbocycles. The molecule has 4 nitrogen and oxygen atoms in total. The summed E-state index contributed by atoms with van der Waals surface area (Å²) in [5.41, 5.74) is 1.23. The molecule has 0 aliphatic rings. The summed E-state index contributed by atoms with van der Waals surface area (Å²) in [7, 11) is -2.97. The molecule has 25 heavy (non-hydrogen) atoms. The van der Waals surface area contributed by atoms with Crippen molar-refractivity contribution in [2.75, 3.05) is 12.4 Å². The number of hydrogen-bond donors (Lipinski definition) is 0. The molecule has 0 atom stereocenters. The topological polar surface area (TPSA) is 56.3 Å². The average Bonchev–Trinajstić information content (AvgIpc) is 2.54. The number of aromatic nitrogens is 1. The Balaban J connectivity index is 2.14. The third-order valence-electron chi connectivity index (χ3n) is 4.36. The molecular weight excluding hydrogens is 334 g/mol. The van der Waals surface area contributed by atoms with Crippen LogP contribution in [0, 0.1) is 0 Å². The number of rotatable bonds is 12. The van der Waals surface area contributed by atoms with Gasteiger partial charge in [-0.2, -0.15) is 0 Å². The SMILES string of the molecule is CCCCOc1ccc(CCCCCCCS(=O)(=O)C(C)(C)C)cn1. The summed E-state index contributed by atoms with van der Waals surface area (Å²) in [4.78, 5) is 4.34. The van der Waals surface area contributed by atoms with E-state index in [1.54, 1.807) is 20.8 Å². The largest absolute Gasteiger partial charge is 0.478 e. The number of aryl methyl sites for hydroxylation is 1. The summed E-state index contributed by atoms with van der Waals surface area (Å²) in [6.45, 7) is 8.20. The van der Waals surface area contributed by atoms with Crippen LogP contribution < -0.4 is 4.74 Å². The minimum atomic E-state index is -2.97. The third kappa shape index (κ3) is 8.70. The predicted octanol–water partition coefficient (Wildman–Crippen LogP) is 4.97. The normalized spacial score (nSPS) is 12.3. The van der Waals surface area contributed by atoms with Crippen molar-refractivity contribution in [1.82, 2.24) is 4.98 Å². The lowest BCUT2D eigenvalue weighted by atomic mass is 10.1. The van der Waals surface area contributed by atoms with Crippen LogP contribution in [-0.4, -0.2) is 30.5 Å². The van der Waals surface area contributed by atoms with Gasteiger partial charge in [0.1, 0.15) is 0 Å². The van der Waals surface area contributed by atoms with Gasteiger partial charge in [0.05, 0.1) is 17.1 Å². The maximum absolute atomic E-state index is 12.0. The molecule has 1 aromatic rings. The molecule has 144 valence electrons. The first-order valence-electron chi connectivity index (χ1n) is 9.56. The number of sulfone groups is 1. The van der Waals surface area contributed by atoms with E-state index in [-0.39, 0.29) is 0 Å². The van der Waals surface area contributed by atoms with Gasteiger partial charge in [0.2, 0.25) is 5.88 Å². The lowest BCUT2D eigenvalue weighted by molar-refractivity contribution is 0.297. The van der Waals surface area contributed by atoms with E-state index in [0.29, 0.717) is 11.6 Å². The van der Waals surface area contributed by atoms with E-state index >= 15 is 0 Å². The average molecular weight is 370 g/mol. The van der Waals surface area contributed by atoms with Crippen molar-refractivity contribution < 1.29 is 13.2 Å². The Hall–Kier alpha value is -1.10. The highest BCUT2D eigenvalue weighted by molar-refractivity contribution is 7.92. The summed E-state index contributed by atoms with van der Waals surface area (Å²) in [5, 5.41) is 0. The van der Waals surface area contributed by atoms with Gasteiger partial charge in [-0.1, -0.05) is 38.7 Å². The number of pyridine rings is 1. The third-order valence-corrected chi connectivity index (χ3v) is 7.05. The number of unbranched alkanes of at least 4 members (excludes halogenated alkanes) is 5. The molecule has 0 aromatic carbocycles. The monoisotopic (exact) mass is 369 g/mol. The highest BCUT2D eigenvalue weighted by Gasteiger charge is 2.27. The van der Waals surface area contributed by atoms with E-state index in [4.69, 9.17) is 4.74 Å². The van der Waals surface area contributed by atoms with Crippen LogP contribution in [0.5, 0.6) is 5.88 Å². The van der Waals surface area contributed by atoms with E-state index in [0.717, 1.165) is 58.0 Å². The van der Waals surface area contributed by atoms with E-state index in [1.807, 2.05) is 12.3 Å². The van der Waals surface area contributed by atoms with E-state index in [9.17, 15) is 8.42 Å². The molecule has 1 rings (SSSR count). The van der Waals surface area contributed by atoms with Crippen molar-refractivity contribution in [2.24, 2.45) is 0 Å². The Morgan fingerprint density at radius 3 is 2.28 bits per heavy atom. The van der Waals surface area contributed by atoms with Crippen LogP contribution in [0.2, 0.25) is 0 Å². The quantitative estimate of drug-likeness (QED) is 0.488. The van der Waals surface area contributed by atoms with Gasteiger partial charge in [-0.15, -0.1) is 0 Å². The lowest BCUT2D eigenvalue weighted by Crippen LogP contribution is -2.30. The Kier molecular flexibility index (Phi) is 9.47. The Labute approximate surface area is 154 Å². The molecule has 0 saturated carbocycles. The van der Waals surface area contributed by atoms with Crippen LogP contribution in [0.3, 0.4) is 0 Å². The van der Waals surface area contributed by atoms with E-state index in [1.165, 1.54) is 5.56 Å². The first-order chi connectivity index (χ1) is 11.8. The summed E-state index contributed by atoms with van der Waals surface area (Å²) < 4.78 is 29.0. The highest BCUT2D eigenvalue weighted by atomic mass is 32.2. The molecule has 0 N–H and O–H groups in total. The molecule has 0 bridgehead atoms. The Morgan fingerprint density at radius 1 is 1.00 bits per heavy atom. The van der Waals surface area contributed by atoms with Crippen molar-refractivity contribution in [3.05, 3.63) is 23.9 Å². The predicted molar refractivity (Wildman–Crippen MR) is 105 cm³/mol. The second-order valence-corrected chi connectivity index (χ2v) is 10.5. The number of hydrogen-bond acceptors (Lipinski definition) is 4. The molecule has 0 saturated heterocycles. The molecule has 0 radical (unpaired) electrons. The van der Waals surface area contributed by atoms with Crippen molar-refractivity contribution in [3.8, 4) is 5.88 Å². The van der Waals surface area contributed by atoms with Crippen LogP contribution in [0.1, 0.15) is 78.2 Å². The van der Waals surface area contributed by atoms with Crippen LogP contribution in [0.25, 0.3) is 0 Å². The Morgan fingerprint density at radius 2 is 1.68 bits per heavy atom. The molecule has 1 aromatic heterocycles. The van der Waals surface area contributed by atoms with Gasteiger partial charge in [0.15, 0.2) is 9.84 Å². The number of ether oxygens (including phenoxy) is 1. The van der Waals surface area contributed by atoms with Crippen LogP contribution in [0.15, 0.2) is 18.3 Å². The maximum Gasteiger partial charge on any atom is 0.213 e. The van der Waals surface area contributed by atoms with Crippen molar-refractivity contribution in [3.63, 3.8) is 0 Å². The van der Waals surface area contributed by atoms with Crippen LogP contribution in [-0.2, 0) is 16.3 Å². The Bertz CT molecular complexity index is 574. The molecule has 0 fully saturated rings. The molecule has 0 amide bonds. The van der Waals surface area contributed by atoms with Crippen LogP contribution >= 0.6 is 0 Å².